The maximum atomic E-state index is 13.1. The molecule has 0 saturated heterocycles. The molecule has 32 heavy (non-hydrogen) atoms. The van der Waals surface area contributed by atoms with E-state index in [2.05, 4.69) is 30.8 Å². The molecular formula is C24H25N7O. The van der Waals surface area contributed by atoms with Crippen LogP contribution >= 0.6 is 0 Å². The summed E-state index contributed by atoms with van der Waals surface area (Å²) >= 11 is 0. The van der Waals surface area contributed by atoms with E-state index in [1.54, 1.807) is 16.9 Å². The lowest BCUT2D eigenvalue weighted by molar-refractivity contribution is 0.0951. The van der Waals surface area contributed by atoms with Gasteiger partial charge in [0.05, 0.1) is 11.4 Å². The van der Waals surface area contributed by atoms with E-state index < -0.39 is 0 Å². The Hall–Kier alpha value is -3.94. The molecule has 3 heterocycles. The van der Waals surface area contributed by atoms with Gasteiger partial charge in [-0.3, -0.25) is 14.8 Å². The Labute approximate surface area is 186 Å². The largest absolute Gasteiger partial charge is 0.348 e. The van der Waals surface area contributed by atoms with Gasteiger partial charge >= 0.3 is 0 Å². The molecule has 4 aromatic rings. The van der Waals surface area contributed by atoms with E-state index in [-0.39, 0.29) is 11.8 Å². The summed E-state index contributed by atoms with van der Waals surface area (Å²) in [5.41, 5.74) is 5.74. The molecule has 0 aliphatic heterocycles. The number of nitrogens with one attached hydrogen (secondary N) is 1. The smallest absolute Gasteiger partial charge is 0.251 e. The highest BCUT2D eigenvalue weighted by atomic mass is 16.1. The second-order valence-corrected chi connectivity index (χ2v) is 8.08. The van der Waals surface area contributed by atoms with Crippen LogP contribution in [0.2, 0.25) is 0 Å². The zero-order chi connectivity index (χ0) is 22.7. The van der Waals surface area contributed by atoms with Crippen molar-refractivity contribution in [3.8, 4) is 16.9 Å². The number of carbonyl (C=O) groups excluding carboxylic acids is 1. The normalized spacial score (nSPS) is 11.0. The van der Waals surface area contributed by atoms with Crippen LogP contribution in [-0.4, -0.2) is 36.1 Å². The summed E-state index contributed by atoms with van der Waals surface area (Å²) in [6.45, 7) is 8.35. The van der Waals surface area contributed by atoms with Gasteiger partial charge in [-0.2, -0.15) is 4.68 Å². The van der Waals surface area contributed by atoms with E-state index in [1.165, 1.54) is 0 Å². The Morgan fingerprint density at radius 1 is 1.03 bits per heavy atom. The standard InChI is InChI=1S/C24H25N7O/c1-15(2)23-28-29-30-31(23)21-10-19(22-8-5-16(3)12-26-22)9-20(11-21)24(32)27-14-18-7-6-17(4)25-13-18/h5-13,15H,14H2,1-4H3,(H,27,32). The fraction of sp³-hybridized carbons (Fsp3) is 0.250. The quantitative estimate of drug-likeness (QED) is 0.503. The van der Waals surface area contributed by atoms with Gasteiger partial charge in [0.2, 0.25) is 0 Å². The van der Waals surface area contributed by atoms with Crippen LogP contribution in [0.15, 0.2) is 54.9 Å². The van der Waals surface area contributed by atoms with Crippen molar-refractivity contribution in [1.82, 2.24) is 35.5 Å². The Morgan fingerprint density at radius 2 is 1.88 bits per heavy atom. The van der Waals surface area contributed by atoms with E-state index in [4.69, 9.17) is 0 Å². The fourth-order valence-corrected chi connectivity index (χ4v) is 3.28. The lowest BCUT2D eigenvalue weighted by Gasteiger charge is -2.12. The molecule has 1 N–H and O–H groups in total. The minimum Gasteiger partial charge on any atom is -0.348 e. The number of carbonyl (C=O) groups is 1. The number of nitrogens with zero attached hydrogens (tertiary/aromatic N) is 6. The molecule has 162 valence electrons. The van der Waals surface area contributed by atoms with Crippen LogP contribution in [0.5, 0.6) is 0 Å². The third kappa shape index (κ3) is 4.69. The maximum Gasteiger partial charge on any atom is 0.251 e. The second-order valence-electron chi connectivity index (χ2n) is 8.08. The average molecular weight is 428 g/mol. The van der Waals surface area contributed by atoms with Crippen molar-refractivity contribution >= 4 is 5.91 Å². The van der Waals surface area contributed by atoms with Crippen LogP contribution in [0, 0.1) is 13.8 Å². The first kappa shape index (κ1) is 21.3. The SMILES string of the molecule is Cc1ccc(-c2cc(C(=O)NCc3ccc(C)nc3)cc(-n3nnnc3C(C)C)c2)nc1. The predicted molar refractivity (Wildman–Crippen MR) is 121 cm³/mol. The van der Waals surface area contributed by atoms with Crippen LogP contribution in [-0.2, 0) is 6.54 Å². The predicted octanol–water partition coefficient (Wildman–Crippen LogP) is 3.79. The van der Waals surface area contributed by atoms with E-state index in [9.17, 15) is 4.79 Å². The fourth-order valence-electron chi connectivity index (χ4n) is 3.28. The second kappa shape index (κ2) is 9.05. The van der Waals surface area contributed by atoms with Crippen LogP contribution in [0.4, 0.5) is 0 Å². The summed E-state index contributed by atoms with van der Waals surface area (Å²) in [5.74, 6) is 0.647. The minimum atomic E-state index is -0.194. The van der Waals surface area contributed by atoms with Gasteiger partial charge in [0, 0.05) is 41.7 Å². The molecule has 0 radical (unpaired) electrons. The molecule has 4 rings (SSSR count). The summed E-state index contributed by atoms with van der Waals surface area (Å²) in [6, 6.07) is 13.4. The highest BCUT2D eigenvalue weighted by molar-refractivity contribution is 5.96. The first-order chi connectivity index (χ1) is 15.4. The van der Waals surface area contributed by atoms with Crippen molar-refractivity contribution in [3.05, 3.63) is 83.1 Å². The third-order valence-electron chi connectivity index (χ3n) is 5.07. The first-order valence-corrected chi connectivity index (χ1v) is 10.5. The first-order valence-electron chi connectivity index (χ1n) is 10.5. The molecule has 1 amide bonds. The lowest BCUT2D eigenvalue weighted by atomic mass is 10.0. The summed E-state index contributed by atoms with van der Waals surface area (Å²) in [6.07, 6.45) is 3.58. The van der Waals surface area contributed by atoms with E-state index >= 15 is 0 Å². The molecule has 0 atom stereocenters. The molecule has 0 unspecified atom stereocenters. The Morgan fingerprint density at radius 3 is 2.56 bits per heavy atom. The summed E-state index contributed by atoms with van der Waals surface area (Å²) in [7, 11) is 0. The van der Waals surface area contributed by atoms with Gasteiger partial charge in [0.25, 0.3) is 5.91 Å². The van der Waals surface area contributed by atoms with E-state index in [1.807, 2.05) is 70.3 Å². The van der Waals surface area contributed by atoms with Gasteiger partial charge in [0.1, 0.15) is 0 Å². The number of amides is 1. The molecule has 0 aliphatic carbocycles. The van der Waals surface area contributed by atoms with Crippen LogP contribution in [0.1, 0.15) is 52.8 Å². The molecule has 8 heteroatoms. The number of benzene rings is 1. The molecule has 1 aromatic carbocycles. The van der Waals surface area contributed by atoms with Crippen molar-refractivity contribution < 1.29 is 4.79 Å². The number of pyridine rings is 2. The van der Waals surface area contributed by atoms with Crippen molar-refractivity contribution in [2.45, 2.75) is 40.2 Å². The molecule has 0 fully saturated rings. The Bertz CT molecular complexity index is 1230. The van der Waals surface area contributed by atoms with Crippen LogP contribution < -0.4 is 5.32 Å². The molecule has 0 bridgehead atoms. The zero-order valence-electron chi connectivity index (χ0n) is 18.6. The number of hydrogen-bond acceptors (Lipinski definition) is 6. The van der Waals surface area contributed by atoms with Crippen LogP contribution in [0.25, 0.3) is 16.9 Å². The lowest BCUT2D eigenvalue weighted by Crippen LogP contribution is -2.23. The molecule has 3 aromatic heterocycles. The summed E-state index contributed by atoms with van der Waals surface area (Å²) < 4.78 is 1.67. The average Bonchev–Trinajstić information content (AvgIpc) is 3.29. The van der Waals surface area contributed by atoms with Gasteiger partial charge in [0.15, 0.2) is 5.82 Å². The molecule has 8 nitrogen and oxygen atoms in total. The van der Waals surface area contributed by atoms with Gasteiger partial charge in [-0.25, -0.2) is 0 Å². The topological polar surface area (TPSA) is 98.5 Å². The van der Waals surface area contributed by atoms with E-state index in [0.717, 1.165) is 33.9 Å². The van der Waals surface area contributed by atoms with Crippen molar-refractivity contribution in [2.75, 3.05) is 0 Å². The summed E-state index contributed by atoms with van der Waals surface area (Å²) in [4.78, 5) is 21.9. The number of aryl methyl sites for hydroxylation is 2. The third-order valence-corrected chi connectivity index (χ3v) is 5.07. The molecule has 0 spiro atoms. The Balaban J connectivity index is 1.71. The number of tetrazole rings is 1. The molecule has 0 saturated carbocycles. The summed E-state index contributed by atoms with van der Waals surface area (Å²) in [5, 5.41) is 15.1. The van der Waals surface area contributed by atoms with Crippen LogP contribution in [0.3, 0.4) is 0 Å². The van der Waals surface area contributed by atoms with Gasteiger partial charge in [-0.05, 0) is 65.7 Å². The maximum absolute atomic E-state index is 13.1. The molecular weight excluding hydrogens is 402 g/mol. The number of rotatable bonds is 6. The van der Waals surface area contributed by atoms with Gasteiger partial charge < -0.3 is 5.32 Å². The number of hydrogen-bond donors (Lipinski definition) is 1. The van der Waals surface area contributed by atoms with Crippen molar-refractivity contribution in [3.63, 3.8) is 0 Å². The Kier molecular flexibility index (Phi) is 6.02. The minimum absolute atomic E-state index is 0.123. The van der Waals surface area contributed by atoms with Gasteiger partial charge in [-0.15, -0.1) is 5.10 Å². The zero-order valence-corrected chi connectivity index (χ0v) is 18.6. The number of aromatic nitrogens is 6. The van der Waals surface area contributed by atoms with E-state index in [0.29, 0.717) is 17.8 Å². The molecule has 0 aliphatic rings. The van der Waals surface area contributed by atoms with Crippen molar-refractivity contribution in [1.29, 1.82) is 0 Å². The monoisotopic (exact) mass is 427 g/mol. The van der Waals surface area contributed by atoms with Gasteiger partial charge in [-0.1, -0.05) is 26.0 Å². The highest BCUT2D eigenvalue weighted by Crippen LogP contribution is 2.25. The van der Waals surface area contributed by atoms with Crippen molar-refractivity contribution in [2.24, 2.45) is 0 Å². The highest BCUT2D eigenvalue weighted by Gasteiger charge is 2.16.